The molecule has 2 aliphatic heterocycles. The fraction of sp³-hybridized carbons (Fsp3) is 0.417. The van der Waals surface area contributed by atoms with Gasteiger partial charge in [-0.2, -0.15) is 5.10 Å². The summed E-state index contributed by atoms with van der Waals surface area (Å²) in [5.74, 6) is -0.341. The number of carbonyl (C=O) groups is 2. The summed E-state index contributed by atoms with van der Waals surface area (Å²) >= 11 is 0. The molecule has 1 atom stereocenters. The Hall–Kier alpha value is -3.26. The molecule has 0 radical (unpaired) electrons. The van der Waals surface area contributed by atoms with Crippen molar-refractivity contribution in [2.75, 3.05) is 32.8 Å². The van der Waals surface area contributed by atoms with Crippen LogP contribution in [0.5, 0.6) is 0 Å². The first-order valence-corrected chi connectivity index (χ1v) is 10.9. The van der Waals surface area contributed by atoms with Crippen LogP contribution in [0.1, 0.15) is 17.7 Å². The SMILES string of the molecule is Cc1ccc(=O)n(CC(=O)N2CCO[C@]3(CC=CCN(CCc4ccccc4)C3=O)C2)n1. The van der Waals surface area contributed by atoms with Crippen LogP contribution in [-0.2, 0) is 27.3 Å². The minimum absolute atomic E-state index is 0.0956. The lowest BCUT2D eigenvalue weighted by Gasteiger charge is -2.42. The average Bonchev–Trinajstić information content (AvgIpc) is 2.95. The summed E-state index contributed by atoms with van der Waals surface area (Å²) in [5, 5.41) is 4.15. The fourth-order valence-corrected chi connectivity index (χ4v) is 4.18. The van der Waals surface area contributed by atoms with Crippen molar-refractivity contribution in [3.05, 3.63) is 76.2 Å². The molecule has 0 aliphatic carbocycles. The minimum atomic E-state index is -1.09. The third-order valence-electron chi connectivity index (χ3n) is 5.95. The van der Waals surface area contributed by atoms with Gasteiger partial charge in [0, 0.05) is 32.1 Å². The van der Waals surface area contributed by atoms with Crippen molar-refractivity contribution in [2.24, 2.45) is 0 Å². The van der Waals surface area contributed by atoms with Crippen molar-refractivity contribution in [2.45, 2.75) is 31.9 Å². The van der Waals surface area contributed by atoms with Gasteiger partial charge in [0.1, 0.15) is 6.54 Å². The van der Waals surface area contributed by atoms with Crippen molar-refractivity contribution >= 4 is 11.8 Å². The molecule has 168 valence electrons. The van der Waals surface area contributed by atoms with E-state index < -0.39 is 5.60 Å². The Morgan fingerprint density at radius 1 is 1.12 bits per heavy atom. The molecule has 32 heavy (non-hydrogen) atoms. The molecule has 1 aromatic heterocycles. The highest BCUT2D eigenvalue weighted by Gasteiger charge is 2.46. The van der Waals surface area contributed by atoms with Gasteiger partial charge in [0.05, 0.1) is 18.8 Å². The van der Waals surface area contributed by atoms with Crippen LogP contribution in [0.25, 0.3) is 0 Å². The quantitative estimate of drug-likeness (QED) is 0.658. The van der Waals surface area contributed by atoms with Crippen LogP contribution in [0.4, 0.5) is 0 Å². The molecule has 4 rings (SSSR count). The molecule has 2 aliphatic rings. The van der Waals surface area contributed by atoms with E-state index in [1.54, 1.807) is 22.8 Å². The maximum absolute atomic E-state index is 13.5. The number of carbonyl (C=O) groups excluding carboxylic acids is 2. The Morgan fingerprint density at radius 3 is 2.75 bits per heavy atom. The maximum atomic E-state index is 13.5. The second-order valence-corrected chi connectivity index (χ2v) is 8.29. The fourth-order valence-electron chi connectivity index (χ4n) is 4.18. The number of ether oxygens (including phenoxy) is 1. The first-order valence-electron chi connectivity index (χ1n) is 10.9. The van der Waals surface area contributed by atoms with Gasteiger partial charge in [0.15, 0.2) is 5.60 Å². The normalized spacial score (nSPS) is 21.1. The molecule has 2 aromatic rings. The predicted octanol–water partition coefficient (Wildman–Crippen LogP) is 1.18. The Balaban J connectivity index is 1.47. The van der Waals surface area contributed by atoms with E-state index in [4.69, 9.17) is 4.74 Å². The van der Waals surface area contributed by atoms with Crippen molar-refractivity contribution in [1.29, 1.82) is 0 Å². The highest BCUT2D eigenvalue weighted by molar-refractivity contribution is 5.87. The van der Waals surface area contributed by atoms with E-state index in [1.807, 2.05) is 42.5 Å². The molecule has 1 fully saturated rings. The summed E-state index contributed by atoms with van der Waals surface area (Å²) in [6, 6.07) is 13.1. The Labute approximate surface area is 187 Å². The molecule has 0 bridgehead atoms. The van der Waals surface area contributed by atoms with Gasteiger partial charge in [-0.15, -0.1) is 0 Å². The number of hydrogen-bond acceptors (Lipinski definition) is 5. The van der Waals surface area contributed by atoms with Crippen molar-refractivity contribution in [3.8, 4) is 0 Å². The number of benzene rings is 1. The van der Waals surface area contributed by atoms with Gasteiger partial charge < -0.3 is 14.5 Å². The third-order valence-corrected chi connectivity index (χ3v) is 5.95. The van der Waals surface area contributed by atoms with Crippen LogP contribution >= 0.6 is 0 Å². The summed E-state index contributed by atoms with van der Waals surface area (Å²) in [6.07, 6.45) is 5.11. The van der Waals surface area contributed by atoms with Crippen LogP contribution in [-0.4, -0.2) is 69.8 Å². The lowest BCUT2D eigenvalue weighted by molar-refractivity contribution is -0.173. The minimum Gasteiger partial charge on any atom is -0.361 e. The van der Waals surface area contributed by atoms with E-state index in [1.165, 1.54) is 16.3 Å². The zero-order chi connectivity index (χ0) is 22.6. The molecule has 3 heterocycles. The monoisotopic (exact) mass is 436 g/mol. The van der Waals surface area contributed by atoms with Crippen molar-refractivity contribution < 1.29 is 14.3 Å². The lowest BCUT2D eigenvalue weighted by Crippen LogP contribution is -2.61. The highest BCUT2D eigenvalue weighted by atomic mass is 16.5. The van der Waals surface area contributed by atoms with Crippen LogP contribution < -0.4 is 5.56 Å². The second-order valence-electron chi connectivity index (χ2n) is 8.29. The standard InChI is InChI=1S/C24H28N4O4/c1-19-9-10-21(29)28(25-19)17-22(30)27-15-16-32-24(18-27)12-5-6-13-26(23(24)31)14-11-20-7-3-2-4-8-20/h2-10H,11-18H2,1H3/t24-/m1/s1. The Bertz CT molecular complexity index is 1070. The van der Waals surface area contributed by atoms with Gasteiger partial charge in [-0.05, 0) is 25.0 Å². The molecular weight excluding hydrogens is 408 g/mol. The van der Waals surface area contributed by atoms with E-state index in [9.17, 15) is 14.4 Å². The van der Waals surface area contributed by atoms with Gasteiger partial charge in [-0.25, -0.2) is 4.68 Å². The van der Waals surface area contributed by atoms with E-state index in [0.717, 1.165) is 6.42 Å². The molecule has 1 aromatic carbocycles. The first-order chi connectivity index (χ1) is 15.5. The van der Waals surface area contributed by atoms with Crippen LogP contribution in [0.15, 0.2) is 59.4 Å². The van der Waals surface area contributed by atoms with Crippen LogP contribution in [0.3, 0.4) is 0 Å². The predicted molar refractivity (Wildman–Crippen MR) is 119 cm³/mol. The summed E-state index contributed by atoms with van der Waals surface area (Å²) in [4.78, 5) is 42.0. The number of amides is 2. The second kappa shape index (κ2) is 9.48. The molecule has 1 saturated heterocycles. The van der Waals surface area contributed by atoms with Gasteiger partial charge in [-0.1, -0.05) is 42.5 Å². The molecule has 1 spiro atoms. The molecular formula is C24H28N4O4. The van der Waals surface area contributed by atoms with E-state index >= 15 is 0 Å². The number of aryl methyl sites for hydroxylation is 1. The Morgan fingerprint density at radius 2 is 1.94 bits per heavy atom. The topological polar surface area (TPSA) is 84.7 Å². The third kappa shape index (κ3) is 4.80. The molecule has 0 saturated carbocycles. The van der Waals surface area contributed by atoms with Crippen LogP contribution in [0, 0.1) is 6.92 Å². The van der Waals surface area contributed by atoms with Gasteiger partial charge in [0.25, 0.3) is 11.5 Å². The van der Waals surface area contributed by atoms with E-state index in [2.05, 4.69) is 5.10 Å². The molecule has 8 nitrogen and oxygen atoms in total. The van der Waals surface area contributed by atoms with Crippen LogP contribution in [0.2, 0.25) is 0 Å². The number of aromatic nitrogens is 2. The largest absolute Gasteiger partial charge is 0.361 e. The zero-order valence-electron chi connectivity index (χ0n) is 18.3. The summed E-state index contributed by atoms with van der Waals surface area (Å²) in [7, 11) is 0. The maximum Gasteiger partial charge on any atom is 0.267 e. The van der Waals surface area contributed by atoms with Crippen molar-refractivity contribution in [1.82, 2.24) is 19.6 Å². The van der Waals surface area contributed by atoms with Gasteiger partial charge >= 0.3 is 0 Å². The molecule has 0 N–H and O–H groups in total. The Kier molecular flexibility index (Phi) is 6.50. The van der Waals surface area contributed by atoms with Crippen molar-refractivity contribution in [3.63, 3.8) is 0 Å². The molecule has 8 heteroatoms. The van der Waals surface area contributed by atoms with Gasteiger partial charge in [-0.3, -0.25) is 14.4 Å². The first kappa shape index (κ1) is 22.0. The highest BCUT2D eigenvalue weighted by Crippen LogP contribution is 2.28. The molecule has 2 amide bonds. The van der Waals surface area contributed by atoms with Gasteiger partial charge in [0.2, 0.25) is 5.91 Å². The number of nitrogens with zero attached hydrogens (tertiary/aromatic N) is 4. The van der Waals surface area contributed by atoms with E-state index in [-0.39, 0.29) is 37.1 Å². The number of rotatable bonds is 5. The average molecular weight is 437 g/mol. The summed E-state index contributed by atoms with van der Waals surface area (Å²) in [6.45, 7) is 3.53. The van der Waals surface area contributed by atoms with E-state index in [0.29, 0.717) is 31.7 Å². The smallest absolute Gasteiger partial charge is 0.267 e. The summed E-state index contributed by atoms with van der Waals surface area (Å²) in [5.41, 5.74) is 0.407. The summed E-state index contributed by atoms with van der Waals surface area (Å²) < 4.78 is 7.20. The number of morpholine rings is 1. The molecule has 0 unspecified atom stereocenters. The zero-order valence-corrected chi connectivity index (χ0v) is 18.3. The number of hydrogen-bond donors (Lipinski definition) is 0. The lowest BCUT2D eigenvalue weighted by atomic mass is 9.95.